The molecule has 1 unspecified atom stereocenters. The van der Waals surface area contributed by atoms with E-state index in [2.05, 4.69) is 5.16 Å². The van der Waals surface area contributed by atoms with Crippen LogP contribution in [0.3, 0.4) is 0 Å². The molecule has 1 atom stereocenters. The zero-order chi connectivity index (χ0) is 15.2. The average Bonchev–Trinajstić information content (AvgIpc) is 2.40. The van der Waals surface area contributed by atoms with E-state index >= 15 is 0 Å². The van der Waals surface area contributed by atoms with Crippen LogP contribution in [0.15, 0.2) is 23.4 Å². The molecule has 0 saturated carbocycles. The predicted octanol–water partition coefficient (Wildman–Crippen LogP) is 4.88. The zero-order valence-electron chi connectivity index (χ0n) is 11.8. The van der Waals surface area contributed by atoms with Gasteiger partial charge in [0.05, 0.1) is 11.6 Å². The summed E-state index contributed by atoms with van der Waals surface area (Å²) in [5, 5.41) is 4.63. The van der Waals surface area contributed by atoms with Crippen molar-refractivity contribution in [3.63, 3.8) is 0 Å². The first kappa shape index (κ1) is 17.4. The number of benzene rings is 1. The molecule has 0 N–H and O–H groups in total. The number of nitrogens with zero attached hydrogens (tertiary/aromatic N) is 1. The van der Waals surface area contributed by atoms with Gasteiger partial charge in [0.1, 0.15) is 5.04 Å². The van der Waals surface area contributed by atoms with Gasteiger partial charge in [-0.25, -0.2) is 4.57 Å². The summed E-state index contributed by atoms with van der Waals surface area (Å²) in [6, 6.07) is 5.12. The van der Waals surface area contributed by atoms with Crippen LogP contribution in [0.2, 0.25) is 5.02 Å². The first-order chi connectivity index (χ1) is 9.40. The van der Waals surface area contributed by atoms with Crippen LogP contribution in [-0.2, 0) is 13.7 Å². The van der Waals surface area contributed by atoms with Crippen molar-refractivity contribution in [1.82, 2.24) is 0 Å². The topological polar surface area (TPSA) is 57.1 Å². The Balaban J connectivity index is 2.96. The number of phosphoric ester groups is 1. The van der Waals surface area contributed by atoms with Crippen LogP contribution in [0, 0.1) is 6.92 Å². The van der Waals surface area contributed by atoms with Gasteiger partial charge in [0, 0.05) is 0 Å². The summed E-state index contributed by atoms with van der Waals surface area (Å²) in [5.74, 6) is 0.237. The Kier molecular flexibility index (Phi) is 6.89. The molecule has 0 heterocycles. The van der Waals surface area contributed by atoms with Gasteiger partial charge in [0.25, 0.3) is 0 Å². The van der Waals surface area contributed by atoms with Crippen molar-refractivity contribution < 1.29 is 18.2 Å². The molecule has 0 aromatic heterocycles. The molecule has 0 radical (unpaired) electrons. The number of hydrogen-bond acceptors (Lipinski definition) is 6. The second kappa shape index (κ2) is 7.93. The van der Waals surface area contributed by atoms with Gasteiger partial charge in [-0.15, -0.1) is 11.8 Å². The maximum absolute atomic E-state index is 12.4. The standard InChI is InChI=1S/C12H17ClNO4PS/c1-5-16-19(15,18-14-10(3)20-4)17-12-8-9(2)6-7-11(12)13/h6-8H,5H2,1-4H3/b14-10+. The first-order valence-corrected chi connectivity index (χ1v) is 8.94. The van der Waals surface area contributed by atoms with E-state index in [1.807, 2.05) is 19.2 Å². The van der Waals surface area contributed by atoms with E-state index in [-0.39, 0.29) is 12.4 Å². The highest BCUT2D eigenvalue weighted by molar-refractivity contribution is 8.13. The fraction of sp³-hybridized carbons (Fsp3) is 0.417. The summed E-state index contributed by atoms with van der Waals surface area (Å²) >= 11 is 7.36. The molecule has 0 bridgehead atoms. The minimum absolute atomic E-state index is 0.161. The molecule has 0 aliphatic carbocycles. The maximum Gasteiger partial charge on any atom is 0.608 e. The molecule has 0 aliphatic heterocycles. The molecule has 0 amide bonds. The zero-order valence-corrected chi connectivity index (χ0v) is 14.2. The molecule has 8 heteroatoms. The van der Waals surface area contributed by atoms with Crippen LogP contribution < -0.4 is 4.52 Å². The van der Waals surface area contributed by atoms with E-state index in [1.54, 1.807) is 26.0 Å². The molecule has 0 aliphatic rings. The molecule has 1 aromatic carbocycles. The highest BCUT2D eigenvalue weighted by Gasteiger charge is 2.31. The van der Waals surface area contributed by atoms with Crippen LogP contribution in [0.5, 0.6) is 5.75 Å². The number of phosphoric acid groups is 1. The van der Waals surface area contributed by atoms with Gasteiger partial charge in [0.2, 0.25) is 0 Å². The molecule has 1 rings (SSSR count). The van der Waals surface area contributed by atoms with Gasteiger partial charge in [-0.2, -0.15) is 0 Å². The molecule has 0 spiro atoms. The largest absolute Gasteiger partial charge is 0.608 e. The number of halogens is 1. The van der Waals surface area contributed by atoms with E-state index < -0.39 is 7.82 Å². The van der Waals surface area contributed by atoms with Crippen molar-refractivity contribution in [3.05, 3.63) is 28.8 Å². The first-order valence-electron chi connectivity index (χ1n) is 5.88. The molecule has 20 heavy (non-hydrogen) atoms. The molecule has 112 valence electrons. The third-order valence-electron chi connectivity index (χ3n) is 2.15. The summed E-state index contributed by atoms with van der Waals surface area (Å²) < 4.78 is 27.7. The fourth-order valence-corrected chi connectivity index (χ4v) is 2.61. The Morgan fingerprint density at radius 1 is 1.50 bits per heavy atom. The van der Waals surface area contributed by atoms with Gasteiger partial charge in [-0.3, -0.25) is 9.15 Å². The van der Waals surface area contributed by atoms with Crippen LogP contribution in [-0.4, -0.2) is 17.9 Å². The van der Waals surface area contributed by atoms with E-state index in [0.29, 0.717) is 10.1 Å². The number of oxime groups is 1. The van der Waals surface area contributed by atoms with E-state index in [9.17, 15) is 4.57 Å². The van der Waals surface area contributed by atoms with Crippen molar-refractivity contribution in [1.29, 1.82) is 0 Å². The van der Waals surface area contributed by atoms with E-state index in [0.717, 1.165) is 5.56 Å². The lowest BCUT2D eigenvalue weighted by atomic mass is 10.2. The molecule has 0 saturated heterocycles. The van der Waals surface area contributed by atoms with Crippen LogP contribution in [0.4, 0.5) is 0 Å². The van der Waals surface area contributed by atoms with Crippen molar-refractivity contribution in [3.8, 4) is 5.75 Å². The minimum Gasteiger partial charge on any atom is -0.392 e. The van der Waals surface area contributed by atoms with Gasteiger partial charge < -0.3 is 4.52 Å². The Hall–Kier alpha value is -0.680. The van der Waals surface area contributed by atoms with E-state index in [4.69, 9.17) is 25.3 Å². The predicted molar refractivity (Wildman–Crippen MR) is 83.8 cm³/mol. The van der Waals surface area contributed by atoms with Crippen molar-refractivity contribution in [2.75, 3.05) is 12.9 Å². The fourth-order valence-electron chi connectivity index (χ4n) is 1.17. The second-order valence-electron chi connectivity index (χ2n) is 3.79. The number of rotatable bonds is 6. The average molecular weight is 338 g/mol. The third kappa shape index (κ3) is 5.37. The number of thioether (sulfide) groups is 1. The molecule has 1 aromatic rings. The van der Waals surface area contributed by atoms with Crippen molar-refractivity contribution >= 4 is 36.2 Å². The van der Waals surface area contributed by atoms with Gasteiger partial charge in [-0.1, -0.05) is 22.8 Å². The van der Waals surface area contributed by atoms with Gasteiger partial charge in [0.15, 0.2) is 5.75 Å². The van der Waals surface area contributed by atoms with Crippen LogP contribution in [0.25, 0.3) is 0 Å². The summed E-state index contributed by atoms with van der Waals surface area (Å²) in [4.78, 5) is 0. The Morgan fingerprint density at radius 3 is 2.80 bits per heavy atom. The van der Waals surface area contributed by atoms with Crippen molar-refractivity contribution in [2.45, 2.75) is 20.8 Å². The summed E-state index contributed by atoms with van der Waals surface area (Å²) in [6.07, 6.45) is 1.83. The summed E-state index contributed by atoms with van der Waals surface area (Å²) in [7, 11) is -3.84. The monoisotopic (exact) mass is 337 g/mol. The third-order valence-corrected chi connectivity index (χ3v) is 4.40. The number of hydrogen-bond donors (Lipinski definition) is 0. The Bertz CT molecular complexity index is 538. The quantitative estimate of drug-likeness (QED) is 0.320. The highest BCUT2D eigenvalue weighted by atomic mass is 35.5. The lowest BCUT2D eigenvalue weighted by Gasteiger charge is -2.16. The maximum atomic E-state index is 12.4. The lowest BCUT2D eigenvalue weighted by molar-refractivity contribution is 0.166. The molecular weight excluding hydrogens is 321 g/mol. The SMILES string of the molecule is CCOP(=O)(O/N=C(\C)SC)Oc1cc(C)ccc1Cl. The Morgan fingerprint density at radius 2 is 2.20 bits per heavy atom. The normalized spacial score (nSPS) is 14.8. The van der Waals surface area contributed by atoms with Crippen LogP contribution in [0.1, 0.15) is 19.4 Å². The summed E-state index contributed by atoms with van der Waals surface area (Å²) in [5.41, 5.74) is 0.913. The van der Waals surface area contributed by atoms with E-state index in [1.165, 1.54) is 11.8 Å². The van der Waals surface area contributed by atoms with Crippen LogP contribution >= 0.6 is 31.2 Å². The summed E-state index contributed by atoms with van der Waals surface area (Å²) in [6.45, 7) is 5.43. The molecule has 5 nitrogen and oxygen atoms in total. The Labute approximate surface area is 128 Å². The molecule has 0 fully saturated rings. The van der Waals surface area contributed by atoms with Gasteiger partial charge in [-0.05, 0) is 44.7 Å². The molecular formula is C12H17ClNO4PS. The number of aryl methyl sites for hydroxylation is 1. The van der Waals surface area contributed by atoms with Gasteiger partial charge >= 0.3 is 7.82 Å². The minimum atomic E-state index is -3.84. The lowest BCUT2D eigenvalue weighted by Crippen LogP contribution is -2.01. The second-order valence-corrected chi connectivity index (χ2v) is 6.69. The van der Waals surface area contributed by atoms with Crippen molar-refractivity contribution in [2.24, 2.45) is 5.16 Å². The highest BCUT2D eigenvalue weighted by Crippen LogP contribution is 2.51. The smallest absolute Gasteiger partial charge is 0.392 e.